The molecular formula is C17H12FNS. The Hall–Kier alpha value is -2.26. The first-order valence-corrected chi connectivity index (χ1v) is 7.08. The lowest BCUT2D eigenvalue weighted by atomic mass is 10.2. The normalized spacial score (nSPS) is 11.1. The molecule has 20 heavy (non-hydrogen) atoms. The van der Waals surface area contributed by atoms with E-state index in [1.54, 1.807) is 23.5 Å². The van der Waals surface area contributed by atoms with Crippen LogP contribution in [0.15, 0.2) is 60.8 Å². The van der Waals surface area contributed by atoms with Gasteiger partial charge in [0.15, 0.2) is 0 Å². The van der Waals surface area contributed by atoms with Gasteiger partial charge in [0, 0.05) is 6.20 Å². The molecule has 3 aromatic rings. The van der Waals surface area contributed by atoms with Gasteiger partial charge in [-0.2, -0.15) is 0 Å². The van der Waals surface area contributed by atoms with Crippen LogP contribution >= 0.6 is 11.3 Å². The number of rotatable bonds is 3. The largest absolute Gasteiger partial charge is 0.245 e. The molecule has 0 N–H and O–H groups in total. The third-order valence-electron chi connectivity index (χ3n) is 2.87. The minimum Gasteiger partial charge on any atom is -0.245 e. The first-order valence-electron chi connectivity index (χ1n) is 6.26. The van der Waals surface area contributed by atoms with Crippen LogP contribution in [0, 0.1) is 5.82 Å². The van der Waals surface area contributed by atoms with Crippen molar-refractivity contribution in [2.75, 3.05) is 0 Å². The second kappa shape index (κ2) is 5.80. The number of hydrogen-bond acceptors (Lipinski definition) is 2. The Labute approximate surface area is 121 Å². The van der Waals surface area contributed by atoms with E-state index in [2.05, 4.69) is 4.98 Å². The third kappa shape index (κ3) is 3.00. The maximum absolute atomic E-state index is 12.9. The van der Waals surface area contributed by atoms with Gasteiger partial charge in [-0.05, 0) is 29.3 Å². The highest BCUT2D eigenvalue weighted by atomic mass is 32.1. The lowest BCUT2D eigenvalue weighted by Gasteiger charge is -1.94. The summed E-state index contributed by atoms with van der Waals surface area (Å²) >= 11 is 1.59. The summed E-state index contributed by atoms with van der Waals surface area (Å²) in [6.07, 6.45) is 5.85. The minimum absolute atomic E-state index is 0.220. The van der Waals surface area contributed by atoms with Crippen molar-refractivity contribution in [3.05, 3.63) is 77.2 Å². The third-order valence-corrected chi connectivity index (χ3v) is 3.88. The molecule has 2 aromatic carbocycles. The van der Waals surface area contributed by atoms with Crippen LogP contribution in [0.3, 0.4) is 0 Å². The van der Waals surface area contributed by atoms with Gasteiger partial charge in [0.1, 0.15) is 10.8 Å². The monoisotopic (exact) mass is 281 g/mol. The maximum atomic E-state index is 12.9. The molecule has 1 aromatic heterocycles. The fraction of sp³-hybridized carbons (Fsp3) is 0. The van der Waals surface area contributed by atoms with E-state index >= 15 is 0 Å². The summed E-state index contributed by atoms with van der Waals surface area (Å²) in [4.78, 5) is 5.41. The van der Waals surface area contributed by atoms with Gasteiger partial charge in [0.2, 0.25) is 0 Å². The standard InChI is InChI=1S/C17H12FNS/c18-15-9-7-14(8-10-15)16-12-19-17(20-16)11-6-13-4-2-1-3-5-13/h1-12H/b11-6+. The Balaban J connectivity index is 1.80. The highest BCUT2D eigenvalue weighted by Gasteiger charge is 2.02. The van der Waals surface area contributed by atoms with E-state index in [9.17, 15) is 4.39 Å². The molecule has 0 radical (unpaired) electrons. The smallest absolute Gasteiger partial charge is 0.123 e. The molecule has 1 nitrogen and oxygen atoms in total. The van der Waals surface area contributed by atoms with Crippen molar-refractivity contribution in [2.24, 2.45) is 0 Å². The van der Waals surface area contributed by atoms with Crippen LogP contribution in [0.1, 0.15) is 10.6 Å². The number of hydrogen-bond donors (Lipinski definition) is 0. The first-order chi connectivity index (χ1) is 9.81. The molecular weight excluding hydrogens is 269 g/mol. The van der Waals surface area contributed by atoms with Gasteiger partial charge in [-0.3, -0.25) is 0 Å². The van der Waals surface area contributed by atoms with Crippen molar-refractivity contribution in [2.45, 2.75) is 0 Å². The summed E-state index contributed by atoms with van der Waals surface area (Å²) < 4.78 is 12.9. The molecule has 0 bridgehead atoms. The van der Waals surface area contributed by atoms with Crippen molar-refractivity contribution >= 4 is 23.5 Å². The molecule has 0 aliphatic rings. The average molecular weight is 281 g/mol. The molecule has 3 heteroatoms. The quantitative estimate of drug-likeness (QED) is 0.649. The van der Waals surface area contributed by atoms with Crippen molar-refractivity contribution in [1.82, 2.24) is 4.98 Å². The summed E-state index contributed by atoms with van der Waals surface area (Å²) in [6, 6.07) is 16.6. The highest BCUT2D eigenvalue weighted by Crippen LogP contribution is 2.27. The van der Waals surface area contributed by atoms with E-state index in [0.717, 1.165) is 21.0 Å². The van der Waals surface area contributed by atoms with Crippen molar-refractivity contribution in [1.29, 1.82) is 0 Å². The lowest BCUT2D eigenvalue weighted by molar-refractivity contribution is 0.628. The van der Waals surface area contributed by atoms with Crippen LogP contribution in [0.25, 0.3) is 22.6 Å². The molecule has 0 fully saturated rings. The summed E-state index contributed by atoms with van der Waals surface area (Å²) in [6.45, 7) is 0. The summed E-state index contributed by atoms with van der Waals surface area (Å²) in [5, 5.41) is 0.938. The molecule has 0 saturated heterocycles. The molecule has 0 amide bonds. The topological polar surface area (TPSA) is 12.9 Å². The second-order valence-corrected chi connectivity index (χ2v) is 5.38. The summed E-state index contributed by atoms with van der Waals surface area (Å²) in [5.41, 5.74) is 2.13. The number of aromatic nitrogens is 1. The fourth-order valence-corrected chi connectivity index (χ4v) is 2.67. The van der Waals surface area contributed by atoms with E-state index in [-0.39, 0.29) is 5.82 Å². The Morgan fingerprint density at radius 1 is 0.900 bits per heavy atom. The zero-order valence-corrected chi connectivity index (χ0v) is 11.5. The Morgan fingerprint density at radius 2 is 1.65 bits per heavy atom. The average Bonchev–Trinajstić information content (AvgIpc) is 2.96. The number of thiazole rings is 1. The zero-order valence-electron chi connectivity index (χ0n) is 10.7. The van der Waals surface area contributed by atoms with Crippen LogP contribution in [0.2, 0.25) is 0 Å². The van der Waals surface area contributed by atoms with Crippen LogP contribution in [0.5, 0.6) is 0 Å². The number of benzene rings is 2. The van der Waals surface area contributed by atoms with Crippen LogP contribution in [0.4, 0.5) is 4.39 Å². The van der Waals surface area contributed by atoms with Gasteiger partial charge in [-0.15, -0.1) is 11.3 Å². The highest BCUT2D eigenvalue weighted by molar-refractivity contribution is 7.16. The van der Waals surface area contributed by atoms with E-state index in [1.807, 2.05) is 48.7 Å². The van der Waals surface area contributed by atoms with Gasteiger partial charge in [-0.1, -0.05) is 48.5 Å². The molecule has 0 spiro atoms. The van der Waals surface area contributed by atoms with E-state index in [4.69, 9.17) is 0 Å². The Bertz CT molecular complexity index is 714. The van der Waals surface area contributed by atoms with Gasteiger partial charge in [0.25, 0.3) is 0 Å². The van der Waals surface area contributed by atoms with E-state index in [0.29, 0.717) is 0 Å². The molecule has 98 valence electrons. The van der Waals surface area contributed by atoms with Crippen LogP contribution in [-0.4, -0.2) is 4.98 Å². The Morgan fingerprint density at radius 3 is 2.40 bits per heavy atom. The SMILES string of the molecule is Fc1ccc(-c2cnc(/C=C/c3ccccc3)s2)cc1. The number of nitrogens with zero attached hydrogens (tertiary/aromatic N) is 1. The molecule has 0 atom stereocenters. The second-order valence-electron chi connectivity index (χ2n) is 4.31. The van der Waals surface area contributed by atoms with Crippen LogP contribution < -0.4 is 0 Å². The molecule has 0 aliphatic carbocycles. The van der Waals surface area contributed by atoms with Gasteiger partial charge >= 0.3 is 0 Å². The van der Waals surface area contributed by atoms with Gasteiger partial charge in [0.05, 0.1) is 4.88 Å². The lowest BCUT2D eigenvalue weighted by Crippen LogP contribution is -1.73. The zero-order chi connectivity index (χ0) is 13.8. The van der Waals surface area contributed by atoms with Gasteiger partial charge < -0.3 is 0 Å². The number of halogens is 1. The van der Waals surface area contributed by atoms with Crippen molar-refractivity contribution in [3.63, 3.8) is 0 Å². The molecule has 3 rings (SSSR count). The molecule has 1 heterocycles. The fourth-order valence-electron chi connectivity index (χ4n) is 1.84. The van der Waals surface area contributed by atoms with E-state index in [1.165, 1.54) is 12.1 Å². The molecule has 0 unspecified atom stereocenters. The predicted molar refractivity (Wildman–Crippen MR) is 82.9 cm³/mol. The van der Waals surface area contributed by atoms with Crippen molar-refractivity contribution < 1.29 is 4.39 Å². The molecule has 0 saturated carbocycles. The van der Waals surface area contributed by atoms with Crippen LogP contribution in [-0.2, 0) is 0 Å². The van der Waals surface area contributed by atoms with Gasteiger partial charge in [-0.25, -0.2) is 9.37 Å². The van der Waals surface area contributed by atoms with E-state index < -0.39 is 0 Å². The summed E-state index contributed by atoms with van der Waals surface area (Å²) in [7, 11) is 0. The first kappa shape index (κ1) is 12.8. The maximum Gasteiger partial charge on any atom is 0.123 e. The predicted octanol–water partition coefficient (Wildman–Crippen LogP) is 5.12. The van der Waals surface area contributed by atoms with Crippen molar-refractivity contribution in [3.8, 4) is 10.4 Å². The summed E-state index contributed by atoms with van der Waals surface area (Å²) in [5.74, 6) is -0.220. The Kier molecular flexibility index (Phi) is 3.70. The minimum atomic E-state index is -0.220. The molecule has 0 aliphatic heterocycles.